The lowest BCUT2D eigenvalue weighted by Crippen LogP contribution is -2.19. The van der Waals surface area contributed by atoms with Crippen molar-refractivity contribution in [3.63, 3.8) is 0 Å². The Morgan fingerprint density at radius 1 is 0.733 bits per heavy atom. The Balaban J connectivity index is 4.09. The van der Waals surface area contributed by atoms with Crippen LogP contribution in [-0.2, 0) is 9.47 Å². The van der Waals surface area contributed by atoms with Crippen LogP contribution in [0.2, 0.25) is 0 Å². The molecule has 0 spiro atoms. The van der Waals surface area contributed by atoms with Gasteiger partial charge in [-0.25, -0.2) is 4.79 Å². The summed E-state index contributed by atoms with van der Waals surface area (Å²) < 4.78 is 10.8. The zero-order valence-electron chi connectivity index (χ0n) is 20.8. The molecule has 0 saturated heterocycles. The summed E-state index contributed by atoms with van der Waals surface area (Å²) in [6.07, 6.45) is 25.2. The van der Waals surface area contributed by atoms with Crippen LogP contribution >= 0.6 is 0 Å². The van der Waals surface area contributed by atoms with Gasteiger partial charge in [0, 0.05) is 0 Å². The van der Waals surface area contributed by atoms with Crippen molar-refractivity contribution in [3.8, 4) is 0 Å². The van der Waals surface area contributed by atoms with Crippen LogP contribution in [0.1, 0.15) is 137 Å². The van der Waals surface area contributed by atoms with E-state index in [1.54, 1.807) is 0 Å². The van der Waals surface area contributed by atoms with Gasteiger partial charge in [0.25, 0.3) is 0 Å². The molecule has 0 radical (unpaired) electrons. The summed E-state index contributed by atoms with van der Waals surface area (Å²) in [5.74, 6) is 0.330. The van der Waals surface area contributed by atoms with Crippen LogP contribution in [-0.4, -0.2) is 18.9 Å². The second kappa shape index (κ2) is 22.7. The van der Waals surface area contributed by atoms with Crippen molar-refractivity contribution in [1.29, 1.82) is 0 Å². The SMILES string of the molecule is CCCCCCCC/C=C\C(CCCCCCCCCCC)OC(=O)OCC(C)C. The molecule has 0 aliphatic heterocycles. The molecule has 0 bridgehead atoms. The maximum Gasteiger partial charge on any atom is 0.508 e. The molecular weight excluding hydrogens is 372 g/mol. The molecule has 0 N–H and O–H groups in total. The summed E-state index contributed by atoms with van der Waals surface area (Å²) in [7, 11) is 0. The van der Waals surface area contributed by atoms with E-state index < -0.39 is 6.16 Å². The van der Waals surface area contributed by atoms with Gasteiger partial charge < -0.3 is 9.47 Å². The van der Waals surface area contributed by atoms with Crippen molar-refractivity contribution in [2.24, 2.45) is 5.92 Å². The van der Waals surface area contributed by atoms with Crippen LogP contribution in [0.3, 0.4) is 0 Å². The molecule has 0 saturated carbocycles. The molecule has 0 heterocycles. The van der Waals surface area contributed by atoms with Gasteiger partial charge in [-0.2, -0.15) is 0 Å². The van der Waals surface area contributed by atoms with Crippen molar-refractivity contribution in [1.82, 2.24) is 0 Å². The van der Waals surface area contributed by atoms with E-state index in [-0.39, 0.29) is 6.10 Å². The van der Waals surface area contributed by atoms with Gasteiger partial charge in [-0.3, -0.25) is 0 Å². The maximum absolute atomic E-state index is 12.0. The number of ether oxygens (including phenoxy) is 2. The van der Waals surface area contributed by atoms with Gasteiger partial charge in [-0.15, -0.1) is 0 Å². The summed E-state index contributed by atoms with van der Waals surface area (Å²) in [5.41, 5.74) is 0. The molecule has 1 unspecified atom stereocenters. The Morgan fingerprint density at radius 3 is 1.77 bits per heavy atom. The van der Waals surface area contributed by atoms with E-state index >= 15 is 0 Å². The van der Waals surface area contributed by atoms with Crippen LogP contribution < -0.4 is 0 Å². The molecule has 0 aliphatic carbocycles. The van der Waals surface area contributed by atoms with Crippen LogP contribution in [0.4, 0.5) is 4.79 Å². The topological polar surface area (TPSA) is 35.5 Å². The monoisotopic (exact) mass is 424 g/mol. The first-order valence-electron chi connectivity index (χ1n) is 13.1. The largest absolute Gasteiger partial charge is 0.508 e. The van der Waals surface area contributed by atoms with E-state index in [1.807, 2.05) is 13.8 Å². The highest BCUT2D eigenvalue weighted by Crippen LogP contribution is 2.15. The first-order chi connectivity index (χ1) is 14.6. The summed E-state index contributed by atoms with van der Waals surface area (Å²) in [4.78, 5) is 12.0. The Morgan fingerprint density at radius 2 is 1.23 bits per heavy atom. The minimum absolute atomic E-state index is 0.144. The van der Waals surface area contributed by atoms with Crippen molar-refractivity contribution in [2.45, 2.75) is 143 Å². The third-order valence-electron chi connectivity index (χ3n) is 5.45. The van der Waals surface area contributed by atoms with Crippen LogP contribution in [0.5, 0.6) is 0 Å². The number of hydrogen-bond donors (Lipinski definition) is 0. The highest BCUT2D eigenvalue weighted by molar-refractivity contribution is 5.60. The lowest BCUT2D eigenvalue weighted by Gasteiger charge is -2.15. The van der Waals surface area contributed by atoms with Crippen molar-refractivity contribution in [3.05, 3.63) is 12.2 Å². The number of carbonyl (C=O) groups excluding carboxylic acids is 1. The van der Waals surface area contributed by atoms with Gasteiger partial charge in [0.05, 0.1) is 6.61 Å². The smallest absolute Gasteiger partial charge is 0.434 e. The van der Waals surface area contributed by atoms with Gasteiger partial charge in [0.15, 0.2) is 0 Å². The average Bonchev–Trinajstić information content (AvgIpc) is 2.72. The standard InChI is InChI=1S/C27H52O3/c1-5-7-9-11-13-15-17-19-21-23-26(30-27(28)29-24-25(3)4)22-20-18-16-14-12-10-8-6-2/h20,22,25-26H,5-19,21,23-24H2,1-4H3/b22-20-. The number of allylic oxidation sites excluding steroid dienone is 1. The van der Waals surface area contributed by atoms with E-state index in [0.29, 0.717) is 12.5 Å². The summed E-state index contributed by atoms with van der Waals surface area (Å²) in [5, 5.41) is 0. The summed E-state index contributed by atoms with van der Waals surface area (Å²) >= 11 is 0. The number of carbonyl (C=O) groups is 1. The maximum atomic E-state index is 12.0. The Labute approximate surface area is 188 Å². The van der Waals surface area contributed by atoms with E-state index in [1.165, 1.54) is 89.9 Å². The zero-order valence-corrected chi connectivity index (χ0v) is 20.8. The number of unbranched alkanes of at least 4 members (excludes halogenated alkanes) is 14. The molecule has 3 nitrogen and oxygen atoms in total. The summed E-state index contributed by atoms with van der Waals surface area (Å²) in [6, 6.07) is 0. The third kappa shape index (κ3) is 21.7. The van der Waals surface area contributed by atoms with Crippen LogP contribution in [0.25, 0.3) is 0 Å². The van der Waals surface area contributed by atoms with Gasteiger partial charge >= 0.3 is 6.16 Å². The second-order valence-corrected chi connectivity index (χ2v) is 9.21. The van der Waals surface area contributed by atoms with Gasteiger partial charge in [0.2, 0.25) is 0 Å². The molecule has 0 rings (SSSR count). The Hall–Kier alpha value is -0.990. The normalized spacial score (nSPS) is 12.6. The van der Waals surface area contributed by atoms with E-state index in [0.717, 1.165) is 19.3 Å². The molecule has 0 aromatic carbocycles. The fraction of sp³-hybridized carbons (Fsp3) is 0.889. The Kier molecular flexibility index (Phi) is 21.9. The quantitative estimate of drug-likeness (QED) is 0.105. The van der Waals surface area contributed by atoms with E-state index in [2.05, 4.69) is 26.0 Å². The molecule has 3 heteroatoms. The molecule has 0 amide bonds. The van der Waals surface area contributed by atoms with E-state index in [9.17, 15) is 4.79 Å². The summed E-state index contributed by atoms with van der Waals surface area (Å²) in [6.45, 7) is 9.01. The lowest BCUT2D eigenvalue weighted by molar-refractivity contribution is 0.0279. The minimum Gasteiger partial charge on any atom is -0.434 e. The van der Waals surface area contributed by atoms with Gasteiger partial charge in [0.1, 0.15) is 6.10 Å². The first-order valence-corrected chi connectivity index (χ1v) is 13.1. The van der Waals surface area contributed by atoms with Crippen LogP contribution in [0.15, 0.2) is 12.2 Å². The highest BCUT2D eigenvalue weighted by Gasteiger charge is 2.13. The molecule has 0 aromatic rings. The van der Waals surface area contributed by atoms with Gasteiger partial charge in [-0.1, -0.05) is 117 Å². The van der Waals surface area contributed by atoms with Gasteiger partial charge in [-0.05, 0) is 37.7 Å². The molecule has 1 atom stereocenters. The molecule has 0 aliphatic rings. The average molecular weight is 425 g/mol. The highest BCUT2D eigenvalue weighted by atomic mass is 16.7. The fourth-order valence-corrected chi connectivity index (χ4v) is 3.53. The fourth-order valence-electron chi connectivity index (χ4n) is 3.53. The molecule has 178 valence electrons. The first kappa shape index (κ1) is 29.0. The van der Waals surface area contributed by atoms with E-state index in [4.69, 9.17) is 9.47 Å². The molecule has 30 heavy (non-hydrogen) atoms. The van der Waals surface area contributed by atoms with Crippen molar-refractivity contribution >= 4 is 6.16 Å². The predicted molar refractivity (Wildman–Crippen MR) is 130 cm³/mol. The second-order valence-electron chi connectivity index (χ2n) is 9.21. The molecule has 0 aromatic heterocycles. The van der Waals surface area contributed by atoms with Crippen molar-refractivity contribution < 1.29 is 14.3 Å². The predicted octanol–water partition coefficient (Wildman–Crippen LogP) is 9.39. The molecular formula is C27H52O3. The van der Waals surface area contributed by atoms with Crippen LogP contribution in [0, 0.1) is 5.92 Å². The zero-order chi connectivity index (χ0) is 22.3. The lowest BCUT2D eigenvalue weighted by atomic mass is 10.0. The minimum atomic E-state index is -0.520. The molecule has 0 fully saturated rings. The Bertz CT molecular complexity index is 390. The third-order valence-corrected chi connectivity index (χ3v) is 5.45. The number of rotatable bonds is 21. The van der Waals surface area contributed by atoms with Crippen molar-refractivity contribution in [2.75, 3.05) is 6.61 Å². The number of hydrogen-bond acceptors (Lipinski definition) is 3.